The topological polar surface area (TPSA) is 0 Å². The first-order valence-electron chi connectivity index (χ1n) is 2.92. The molecule has 0 saturated carbocycles. The lowest BCUT2D eigenvalue weighted by Crippen LogP contribution is -1.78. The maximum Gasteiger partial charge on any atom is 0.158 e. The predicted molar refractivity (Wildman–Crippen MR) is 43.8 cm³/mol. The van der Waals surface area contributed by atoms with Gasteiger partial charge in [0.15, 0.2) is 8.11 Å². The third-order valence-corrected chi connectivity index (χ3v) is 0. The van der Waals surface area contributed by atoms with Gasteiger partial charge in [-0.05, 0) is 5.92 Å². The minimum atomic E-state index is -0.407. The molecule has 0 aliphatic rings. The first kappa shape index (κ1) is 11.3. The standard InChI is InChI=1S/C4H10.C2H6ClSi/c2*1-4(2)3/h4H,1-3H3;1-2H3. The zero-order valence-corrected chi connectivity index (χ0v) is 8.21. The van der Waals surface area contributed by atoms with Gasteiger partial charge in [0.25, 0.3) is 0 Å². The summed E-state index contributed by atoms with van der Waals surface area (Å²) in [5.74, 6) is 0.833. The van der Waals surface area contributed by atoms with Crippen LogP contribution in [0.15, 0.2) is 0 Å². The van der Waals surface area contributed by atoms with Crippen molar-refractivity contribution in [1.82, 2.24) is 0 Å². The van der Waals surface area contributed by atoms with Crippen molar-refractivity contribution in [3.05, 3.63) is 0 Å². The Kier molecular flexibility index (Phi) is 10.6. The van der Waals surface area contributed by atoms with Gasteiger partial charge in [-0.1, -0.05) is 33.9 Å². The highest BCUT2D eigenvalue weighted by molar-refractivity contribution is 7.05. The van der Waals surface area contributed by atoms with Crippen LogP contribution >= 0.6 is 11.1 Å². The highest BCUT2D eigenvalue weighted by Gasteiger charge is 1.77. The average Bonchev–Trinajstić information content (AvgIpc) is 1.25. The second-order valence-corrected chi connectivity index (χ2v) is 6.63. The van der Waals surface area contributed by atoms with Crippen molar-refractivity contribution in [2.24, 2.45) is 5.92 Å². The quantitative estimate of drug-likeness (QED) is 0.369. The van der Waals surface area contributed by atoms with E-state index in [4.69, 9.17) is 11.1 Å². The first-order chi connectivity index (χ1) is 3.46. The van der Waals surface area contributed by atoms with E-state index >= 15 is 0 Å². The summed E-state index contributed by atoms with van der Waals surface area (Å²) in [6, 6.07) is 0. The summed E-state index contributed by atoms with van der Waals surface area (Å²) >= 11 is 5.38. The van der Waals surface area contributed by atoms with Crippen molar-refractivity contribution in [3.63, 3.8) is 0 Å². The van der Waals surface area contributed by atoms with Crippen LogP contribution in [0.4, 0.5) is 0 Å². The Labute approximate surface area is 59.6 Å². The SMILES string of the molecule is CC(C)C.C[Si](C)Cl. The van der Waals surface area contributed by atoms with E-state index in [0.29, 0.717) is 0 Å². The van der Waals surface area contributed by atoms with Gasteiger partial charge < -0.3 is 0 Å². The van der Waals surface area contributed by atoms with Crippen molar-refractivity contribution in [2.45, 2.75) is 33.9 Å². The Balaban J connectivity index is 0. The monoisotopic (exact) mass is 151 g/mol. The normalized spacial score (nSPS) is 9.00. The molecule has 0 aliphatic heterocycles. The summed E-state index contributed by atoms with van der Waals surface area (Å²) in [5.41, 5.74) is 0. The van der Waals surface area contributed by atoms with Gasteiger partial charge >= 0.3 is 0 Å². The van der Waals surface area contributed by atoms with E-state index in [1.807, 2.05) is 13.1 Å². The molecule has 51 valence electrons. The molecule has 0 bridgehead atoms. The Morgan fingerprint density at radius 2 is 1.12 bits per heavy atom. The molecule has 0 rings (SSSR count). The third kappa shape index (κ3) is 768. The van der Waals surface area contributed by atoms with Gasteiger partial charge in [-0.3, -0.25) is 0 Å². The van der Waals surface area contributed by atoms with E-state index in [1.165, 1.54) is 0 Å². The predicted octanol–water partition coefficient (Wildman–Crippen LogP) is 3.14. The van der Waals surface area contributed by atoms with Gasteiger partial charge in [0, 0.05) is 0 Å². The number of hydrogen-bond acceptors (Lipinski definition) is 0. The average molecular weight is 152 g/mol. The van der Waals surface area contributed by atoms with Crippen LogP contribution in [0.2, 0.25) is 13.1 Å². The fraction of sp³-hybridized carbons (Fsp3) is 1.00. The fourth-order valence-corrected chi connectivity index (χ4v) is 0. The van der Waals surface area contributed by atoms with Gasteiger partial charge in [-0.25, -0.2) is 0 Å². The Bertz CT molecular complexity index is 24.0. The van der Waals surface area contributed by atoms with E-state index in [-0.39, 0.29) is 0 Å². The number of halogens is 1. The van der Waals surface area contributed by atoms with Gasteiger partial charge in [-0.15, -0.1) is 0 Å². The van der Waals surface area contributed by atoms with Crippen molar-refractivity contribution in [3.8, 4) is 0 Å². The van der Waals surface area contributed by atoms with Crippen LogP contribution in [-0.4, -0.2) is 8.11 Å². The lowest BCUT2D eigenvalue weighted by atomic mass is 10.3. The molecule has 0 nitrogen and oxygen atoms in total. The zero-order chi connectivity index (χ0) is 7.15. The van der Waals surface area contributed by atoms with Crippen molar-refractivity contribution >= 4 is 19.2 Å². The molecule has 0 N–H and O–H groups in total. The van der Waals surface area contributed by atoms with Gasteiger partial charge in [-0.2, -0.15) is 11.1 Å². The smallest absolute Gasteiger partial charge is 0.158 e. The van der Waals surface area contributed by atoms with Crippen molar-refractivity contribution < 1.29 is 0 Å². The van der Waals surface area contributed by atoms with Crippen molar-refractivity contribution in [1.29, 1.82) is 0 Å². The molecule has 0 heterocycles. The minimum Gasteiger partial charge on any atom is -0.170 e. The summed E-state index contributed by atoms with van der Waals surface area (Å²) in [7, 11) is -0.407. The van der Waals surface area contributed by atoms with E-state index < -0.39 is 8.11 Å². The molecule has 0 aliphatic carbocycles. The van der Waals surface area contributed by atoms with Crippen LogP contribution in [0, 0.1) is 5.92 Å². The molecule has 0 fully saturated rings. The van der Waals surface area contributed by atoms with Crippen LogP contribution in [0.1, 0.15) is 20.8 Å². The molecule has 0 unspecified atom stereocenters. The van der Waals surface area contributed by atoms with Crippen LogP contribution in [-0.2, 0) is 0 Å². The van der Waals surface area contributed by atoms with E-state index in [1.54, 1.807) is 0 Å². The largest absolute Gasteiger partial charge is 0.170 e. The molecular formula is C6H16ClSi. The molecule has 0 atom stereocenters. The molecule has 0 saturated heterocycles. The summed E-state index contributed by atoms with van der Waals surface area (Å²) in [4.78, 5) is 0. The molecule has 0 aromatic carbocycles. The molecule has 0 aromatic rings. The van der Waals surface area contributed by atoms with Gasteiger partial charge in [0.2, 0.25) is 0 Å². The van der Waals surface area contributed by atoms with Crippen LogP contribution in [0.3, 0.4) is 0 Å². The second-order valence-electron chi connectivity index (χ2n) is 2.61. The highest BCUT2D eigenvalue weighted by Crippen LogP contribution is 1.81. The molecule has 0 aromatic heterocycles. The Hall–Kier alpha value is 0.507. The summed E-state index contributed by atoms with van der Waals surface area (Å²) in [5, 5.41) is 0. The van der Waals surface area contributed by atoms with Gasteiger partial charge in [0.05, 0.1) is 0 Å². The lowest BCUT2D eigenvalue weighted by Gasteiger charge is -1.79. The van der Waals surface area contributed by atoms with E-state index in [9.17, 15) is 0 Å². The molecule has 0 amide bonds. The third-order valence-electron chi connectivity index (χ3n) is 0. The summed E-state index contributed by atoms with van der Waals surface area (Å²) in [6.45, 7) is 10.6. The Morgan fingerprint density at radius 3 is 1.12 bits per heavy atom. The van der Waals surface area contributed by atoms with E-state index in [2.05, 4.69) is 20.8 Å². The molecular weight excluding hydrogens is 136 g/mol. The fourth-order valence-electron chi connectivity index (χ4n) is 0. The molecule has 0 spiro atoms. The van der Waals surface area contributed by atoms with Crippen LogP contribution in [0.5, 0.6) is 0 Å². The zero-order valence-electron chi connectivity index (χ0n) is 6.46. The summed E-state index contributed by atoms with van der Waals surface area (Å²) < 4.78 is 0. The number of hydrogen-bond donors (Lipinski definition) is 0. The van der Waals surface area contributed by atoms with Gasteiger partial charge in [0.1, 0.15) is 0 Å². The Morgan fingerprint density at radius 1 is 1.12 bits per heavy atom. The van der Waals surface area contributed by atoms with Crippen LogP contribution in [0.25, 0.3) is 0 Å². The van der Waals surface area contributed by atoms with Crippen LogP contribution < -0.4 is 0 Å². The maximum atomic E-state index is 5.38. The highest BCUT2D eigenvalue weighted by atomic mass is 35.6. The van der Waals surface area contributed by atoms with E-state index in [0.717, 1.165) is 5.92 Å². The summed E-state index contributed by atoms with van der Waals surface area (Å²) in [6.07, 6.45) is 0. The van der Waals surface area contributed by atoms with Crippen molar-refractivity contribution in [2.75, 3.05) is 0 Å². The molecule has 2 heteroatoms. The number of rotatable bonds is 0. The second kappa shape index (κ2) is 7.51. The molecule has 8 heavy (non-hydrogen) atoms. The maximum absolute atomic E-state index is 5.38. The minimum absolute atomic E-state index is 0.407. The lowest BCUT2D eigenvalue weighted by molar-refractivity contribution is 0.737. The first-order valence-corrected chi connectivity index (χ1v) is 6.43. The molecule has 1 radical (unpaired) electrons.